The number of nitro groups is 1. The van der Waals surface area contributed by atoms with Crippen molar-refractivity contribution < 1.29 is 14.4 Å². The van der Waals surface area contributed by atoms with Crippen LogP contribution in [0, 0.1) is 17.0 Å². The quantitative estimate of drug-likeness (QED) is 0.408. The van der Waals surface area contributed by atoms with Crippen LogP contribution >= 0.6 is 0 Å². The molecule has 0 aliphatic carbocycles. The number of para-hydroxylation sites is 1. The molecule has 0 aromatic heterocycles. The third-order valence-corrected chi connectivity index (χ3v) is 4.34. The molecule has 0 saturated carbocycles. The molecule has 0 aliphatic heterocycles. The van der Waals surface area contributed by atoms with Crippen molar-refractivity contribution in [3.8, 4) is 11.5 Å². The van der Waals surface area contributed by atoms with Gasteiger partial charge in [-0.25, -0.2) is 5.43 Å². The fourth-order valence-electron chi connectivity index (χ4n) is 2.87. The Kier molecular flexibility index (Phi) is 6.65. The number of nitro benzene ring substituents is 1. The summed E-state index contributed by atoms with van der Waals surface area (Å²) in [6.07, 6.45) is 0. The molecule has 0 amide bonds. The predicted molar refractivity (Wildman–Crippen MR) is 112 cm³/mol. The Morgan fingerprint density at radius 2 is 1.76 bits per heavy atom. The van der Waals surface area contributed by atoms with Crippen molar-refractivity contribution in [1.29, 1.82) is 0 Å². The molecule has 3 aromatic carbocycles. The number of methoxy groups -OCH3 is 1. The number of ether oxygens (including phenoxy) is 2. The van der Waals surface area contributed by atoms with E-state index >= 15 is 0 Å². The first-order valence-corrected chi connectivity index (χ1v) is 9.14. The molecule has 0 radical (unpaired) electrons. The summed E-state index contributed by atoms with van der Waals surface area (Å²) < 4.78 is 11.2. The maximum atomic E-state index is 11.3. The number of nitrogens with zero attached hydrogens (tertiary/aromatic N) is 1. The third-order valence-electron chi connectivity index (χ3n) is 4.34. The van der Waals surface area contributed by atoms with Crippen molar-refractivity contribution in [1.82, 2.24) is 5.43 Å². The highest BCUT2D eigenvalue weighted by atomic mass is 16.6. The third kappa shape index (κ3) is 5.46. The summed E-state index contributed by atoms with van der Waals surface area (Å²) in [5.41, 5.74) is 9.86. The summed E-state index contributed by atoms with van der Waals surface area (Å²) in [4.78, 5) is 10.8. The molecule has 0 spiro atoms. The highest BCUT2D eigenvalue weighted by molar-refractivity contribution is 5.49. The number of benzene rings is 3. The van der Waals surface area contributed by atoms with E-state index in [4.69, 9.17) is 9.47 Å². The molecule has 7 heteroatoms. The van der Waals surface area contributed by atoms with Crippen LogP contribution in [0.1, 0.15) is 16.7 Å². The Balaban J connectivity index is 1.68. The van der Waals surface area contributed by atoms with Gasteiger partial charge in [-0.2, -0.15) is 0 Å². The van der Waals surface area contributed by atoms with Gasteiger partial charge in [0.25, 0.3) is 0 Å². The fraction of sp³-hybridized carbons (Fsp3) is 0.182. The fourth-order valence-corrected chi connectivity index (χ4v) is 2.87. The van der Waals surface area contributed by atoms with Crippen LogP contribution in [0.3, 0.4) is 0 Å². The van der Waals surface area contributed by atoms with Gasteiger partial charge in [-0.3, -0.25) is 10.1 Å². The lowest BCUT2D eigenvalue weighted by Gasteiger charge is -2.13. The van der Waals surface area contributed by atoms with Crippen LogP contribution in [0.15, 0.2) is 66.7 Å². The van der Waals surface area contributed by atoms with Crippen LogP contribution in [-0.2, 0) is 13.2 Å². The van der Waals surface area contributed by atoms with Crippen LogP contribution < -0.4 is 20.3 Å². The standard InChI is InChI=1S/C22H23N3O4/c1-16-8-10-22(20(12-16)25(26)27)29-15-18-13-17(9-11-21(18)28-2)14-23-24-19-6-4-3-5-7-19/h3-13,23-24H,14-15H2,1-2H3. The van der Waals surface area contributed by atoms with Crippen LogP contribution in [0.5, 0.6) is 11.5 Å². The summed E-state index contributed by atoms with van der Waals surface area (Å²) in [6.45, 7) is 2.54. The number of nitrogens with one attached hydrogen (secondary N) is 2. The van der Waals surface area contributed by atoms with Gasteiger partial charge >= 0.3 is 5.69 Å². The van der Waals surface area contributed by atoms with E-state index in [1.165, 1.54) is 6.07 Å². The maximum Gasteiger partial charge on any atom is 0.311 e. The SMILES string of the molecule is COc1ccc(CNNc2ccccc2)cc1COc1ccc(C)cc1[N+](=O)[O-]. The lowest BCUT2D eigenvalue weighted by molar-refractivity contribution is -0.386. The number of rotatable bonds is 9. The molecule has 3 aromatic rings. The highest BCUT2D eigenvalue weighted by Gasteiger charge is 2.16. The molecular weight excluding hydrogens is 370 g/mol. The van der Waals surface area contributed by atoms with Crippen molar-refractivity contribution in [2.45, 2.75) is 20.1 Å². The van der Waals surface area contributed by atoms with E-state index < -0.39 is 4.92 Å². The second-order valence-electron chi connectivity index (χ2n) is 6.51. The lowest BCUT2D eigenvalue weighted by Crippen LogP contribution is -2.20. The Labute approximate surface area is 169 Å². The summed E-state index contributed by atoms with van der Waals surface area (Å²) in [5, 5.41) is 11.3. The molecular formula is C22H23N3O4. The zero-order chi connectivity index (χ0) is 20.6. The van der Waals surface area contributed by atoms with Crippen LogP contribution in [-0.4, -0.2) is 12.0 Å². The molecule has 0 heterocycles. The molecule has 29 heavy (non-hydrogen) atoms. The normalized spacial score (nSPS) is 10.4. The van der Waals surface area contributed by atoms with Gasteiger partial charge in [0.2, 0.25) is 0 Å². The summed E-state index contributed by atoms with van der Waals surface area (Å²) in [7, 11) is 1.59. The van der Waals surface area contributed by atoms with Gasteiger partial charge in [-0.15, -0.1) is 0 Å². The van der Waals surface area contributed by atoms with Crippen molar-refractivity contribution in [3.63, 3.8) is 0 Å². The zero-order valence-electron chi connectivity index (χ0n) is 16.3. The number of aryl methyl sites for hydroxylation is 1. The minimum Gasteiger partial charge on any atom is -0.496 e. The second kappa shape index (κ2) is 9.57. The Hall–Kier alpha value is -3.58. The first kappa shape index (κ1) is 20.2. The average molecular weight is 393 g/mol. The Bertz CT molecular complexity index is 977. The number of anilines is 1. The van der Waals surface area contributed by atoms with Crippen molar-refractivity contribution >= 4 is 11.4 Å². The molecule has 0 atom stereocenters. The molecule has 0 aliphatic rings. The summed E-state index contributed by atoms with van der Waals surface area (Å²) in [5.74, 6) is 0.899. The molecule has 0 saturated heterocycles. The smallest absolute Gasteiger partial charge is 0.311 e. The van der Waals surface area contributed by atoms with E-state index in [0.717, 1.165) is 22.4 Å². The molecule has 3 rings (SSSR count). The van der Waals surface area contributed by atoms with E-state index in [-0.39, 0.29) is 18.0 Å². The van der Waals surface area contributed by atoms with Crippen LogP contribution in [0.4, 0.5) is 11.4 Å². The van der Waals surface area contributed by atoms with Crippen molar-refractivity contribution in [3.05, 3.63) is 93.5 Å². The number of hydrogen-bond acceptors (Lipinski definition) is 6. The van der Waals surface area contributed by atoms with Crippen molar-refractivity contribution in [2.24, 2.45) is 0 Å². The molecule has 0 fully saturated rings. The van der Waals surface area contributed by atoms with Gasteiger partial charge in [0.05, 0.1) is 12.0 Å². The van der Waals surface area contributed by atoms with Crippen LogP contribution in [0.2, 0.25) is 0 Å². The maximum absolute atomic E-state index is 11.3. The van der Waals surface area contributed by atoms with Gasteiger partial charge < -0.3 is 14.9 Å². The van der Waals surface area contributed by atoms with E-state index in [2.05, 4.69) is 10.9 Å². The minimum atomic E-state index is -0.435. The zero-order valence-corrected chi connectivity index (χ0v) is 16.3. The van der Waals surface area contributed by atoms with E-state index in [0.29, 0.717) is 12.3 Å². The number of hydrogen-bond donors (Lipinski definition) is 2. The molecule has 2 N–H and O–H groups in total. The van der Waals surface area contributed by atoms with Crippen LogP contribution in [0.25, 0.3) is 0 Å². The topological polar surface area (TPSA) is 85.7 Å². The van der Waals surface area contributed by atoms with Crippen molar-refractivity contribution in [2.75, 3.05) is 12.5 Å². The predicted octanol–water partition coefficient (Wildman–Crippen LogP) is 4.61. The average Bonchev–Trinajstić information content (AvgIpc) is 2.73. The largest absolute Gasteiger partial charge is 0.496 e. The highest BCUT2D eigenvalue weighted by Crippen LogP contribution is 2.30. The Morgan fingerprint density at radius 3 is 2.48 bits per heavy atom. The summed E-state index contributed by atoms with van der Waals surface area (Å²) >= 11 is 0. The Morgan fingerprint density at radius 1 is 1.00 bits per heavy atom. The molecule has 150 valence electrons. The number of hydrazine groups is 1. The van der Waals surface area contributed by atoms with E-state index in [1.807, 2.05) is 48.5 Å². The second-order valence-corrected chi connectivity index (χ2v) is 6.51. The van der Waals surface area contributed by atoms with Gasteiger partial charge in [-0.05, 0) is 48.4 Å². The van der Waals surface area contributed by atoms with Gasteiger partial charge in [-0.1, -0.05) is 30.3 Å². The first-order valence-electron chi connectivity index (χ1n) is 9.14. The van der Waals surface area contributed by atoms with Gasteiger partial charge in [0, 0.05) is 23.9 Å². The molecule has 7 nitrogen and oxygen atoms in total. The van der Waals surface area contributed by atoms with Gasteiger partial charge in [0.15, 0.2) is 5.75 Å². The van der Waals surface area contributed by atoms with E-state index in [1.54, 1.807) is 26.2 Å². The van der Waals surface area contributed by atoms with Gasteiger partial charge in [0.1, 0.15) is 12.4 Å². The van der Waals surface area contributed by atoms with E-state index in [9.17, 15) is 10.1 Å². The molecule has 0 bridgehead atoms. The minimum absolute atomic E-state index is 0.0474. The molecule has 0 unspecified atom stereocenters. The first-order chi connectivity index (χ1) is 14.1. The lowest BCUT2D eigenvalue weighted by atomic mass is 10.1. The monoisotopic (exact) mass is 393 g/mol. The summed E-state index contributed by atoms with van der Waals surface area (Å²) in [6, 6.07) is 20.5.